The lowest BCUT2D eigenvalue weighted by Gasteiger charge is -2.33. The number of aromatic nitrogens is 3. The van der Waals surface area contributed by atoms with Crippen LogP contribution in [0.15, 0.2) is 24.0 Å². The number of carbonyl (C=O) groups is 2. The second-order valence-electron chi connectivity index (χ2n) is 6.26. The van der Waals surface area contributed by atoms with Gasteiger partial charge in [-0.05, 0) is 19.8 Å². The van der Waals surface area contributed by atoms with E-state index in [1.54, 1.807) is 31.3 Å². The molecule has 1 amide bonds. The summed E-state index contributed by atoms with van der Waals surface area (Å²) in [6.07, 6.45) is 9.12. The van der Waals surface area contributed by atoms with Crippen LogP contribution in [0.25, 0.3) is 0 Å². The molecule has 3 rings (SSSR count). The maximum atomic E-state index is 13.0. The van der Waals surface area contributed by atoms with Crippen LogP contribution in [-0.4, -0.2) is 38.8 Å². The van der Waals surface area contributed by atoms with Crippen LogP contribution >= 0.6 is 11.3 Å². The third-order valence-electron chi connectivity index (χ3n) is 4.37. The van der Waals surface area contributed by atoms with Gasteiger partial charge in [-0.15, -0.1) is 11.3 Å². The number of aryl methyl sites for hydroxylation is 1. The lowest BCUT2D eigenvalue weighted by molar-refractivity contribution is -0.127. The summed E-state index contributed by atoms with van der Waals surface area (Å²) in [6, 6.07) is 0.118. The number of hydrogen-bond acceptors (Lipinski definition) is 6. The molecule has 1 atom stereocenters. The van der Waals surface area contributed by atoms with Crippen LogP contribution in [-0.2, 0) is 16.6 Å². The summed E-state index contributed by atoms with van der Waals surface area (Å²) >= 11 is 1.43. The van der Waals surface area contributed by atoms with Crippen LogP contribution in [0.5, 0.6) is 0 Å². The summed E-state index contributed by atoms with van der Waals surface area (Å²) < 4.78 is 6.90. The highest BCUT2D eigenvalue weighted by atomic mass is 32.1. The summed E-state index contributed by atoms with van der Waals surface area (Å²) in [4.78, 5) is 31.2. The molecule has 1 fully saturated rings. The fraction of sp³-hybridized carbons (Fsp3) is 0.529. The van der Waals surface area contributed by atoms with E-state index >= 15 is 0 Å². The van der Waals surface area contributed by atoms with Crippen molar-refractivity contribution >= 4 is 28.3 Å². The number of thiazole rings is 1. The van der Waals surface area contributed by atoms with E-state index in [0.717, 1.165) is 25.7 Å². The van der Waals surface area contributed by atoms with Gasteiger partial charge in [0.05, 0.1) is 11.8 Å². The van der Waals surface area contributed by atoms with E-state index in [1.807, 2.05) is 5.38 Å². The van der Waals surface area contributed by atoms with E-state index < -0.39 is 12.1 Å². The molecule has 0 bridgehead atoms. The Hall–Kier alpha value is -2.22. The van der Waals surface area contributed by atoms with Gasteiger partial charge in [-0.25, -0.2) is 9.78 Å². The number of esters is 1. The normalized spacial score (nSPS) is 16.4. The zero-order valence-corrected chi connectivity index (χ0v) is 15.2. The minimum atomic E-state index is -0.876. The first-order chi connectivity index (χ1) is 12.1. The molecule has 2 aromatic rings. The van der Waals surface area contributed by atoms with Gasteiger partial charge in [0, 0.05) is 30.9 Å². The average molecular weight is 362 g/mol. The van der Waals surface area contributed by atoms with Crippen LogP contribution < -0.4 is 4.90 Å². The van der Waals surface area contributed by atoms with Gasteiger partial charge in [0.1, 0.15) is 0 Å². The molecule has 7 nitrogen and oxygen atoms in total. The molecule has 1 aliphatic carbocycles. The summed E-state index contributed by atoms with van der Waals surface area (Å²) in [5, 5.41) is 6.47. The number of amides is 1. The molecular weight excluding hydrogens is 340 g/mol. The van der Waals surface area contributed by atoms with E-state index in [4.69, 9.17) is 4.74 Å². The zero-order chi connectivity index (χ0) is 17.8. The maximum absolute atomic E-state index is 13.0. The Labute approximate surface area is 150 Å². The standard InChI is InChI=1S/C17H22N4O3S/c1-12(24-16(23)13-10-19-20(2)11-13)15(22)21(17-18-8-9-25-17)14-6-4-3-5-7-14/h8-12,14H,3-7H2,1-2H3. The largest absolute Gasteiger partial charge is 0.449 e. The van der Waals surface area contributed by atoms with E-state index in [9.17, 15) is 9.59 Å². The molecule has 1 saturated carbocycles. The number of anilines is 1. The van der Waals surface area contributed by atoms with Gasteiger partial charge in [-0.3, -0.25) is 14.4 Å². The molecule has 134 valence electrons. The van der Waals surface area contributed by atoms with Gasteiger partial charge >= 0.3 is 5.97 Å². The van der Waals surface area contributed by atoms with E-state index in [2.05, 4.69) is 10.1 Å². The van der Waals surface area contributed by atoms with Crippen molar-refractivity contribution in [1.29, 1.82) is 0 Å². The first-order valence-corrected chi connectivity index (χ1v) is 9.36. The van der Waals surface area contributed by atoms with Crippen molar-refractivity contribution in [3.8, 4) is 0 Å². The fourth-order valence-corrected chi connectivity index (χ4v) is 3.82. The van der Waals surface area contributed by atoms with Crippen molar-refractivity contribution in [2.75, 3.05) is 4.90 Å². The molecule has 0 radical (unpaired) electrons. The van der Waals surface area contributed by atoms with Crippen molar-refractivity contribution in [3.63, 3.8) is 0 Å². The van der Waals surface area contributed by atoms with Crippen molar-refractivity contribution in [3.05, 3.63) is 29.5 Å². The second-order valence-corrected chi connectivity index (χ2v) is 7.14. The monoisotopic (exact) mass is 362 g/mol. The quantitative estimate of drug-likeness (QED) is 0.765. The highest BCUT2D eigenvalue weighted by Gasteiger charge is 2.33. The lowest BCUT2D eigenvalue weighted by Crippen LogP contribution is -2.47. The molecule has 0 saturated heterocycles. The fourth-order valence-electron chi connectivity index (χ4n) is 3.11. The summed E-state index contributed by atoms with van der Waals surface area (Å²) in [7, 11) is 1.72. The number of carbonyl (C=O) groups excluding carboxylic acids is 2. The summed E-state index contributed by atoms with van der Waals surface area (Å²) in [5.74, 6) is -0.768. The molecule has 25 heavy (non-hydrogen) atoms. The van der Waals surface area contributed by atoms with Gasteiger partial charge in [-0.1, -0.05) is 19.3 Å². The Bertz CT molecular complexity index is 722. The number of rotatable bonds is 5. The van der Waals surface area contributed by atoms with Crippen molar-refractivity contribution in [2.24, 2.45) is 7.05 Å². The molecular formula is C17H22N4O3S. The molecule has 0 aromatic carbocycles. The van der Waals surface area contributed by atoms with Gasteiger partial charge in [0.15, 0.2) is 11.2 Å². The Morgan fingerprint density at radius 1 is 1.36 bits per heavy atom. The van der Waals surface area contributed by atoms with Crippen molar-refractivity contribution < 1.29 is 14.3 Å². The van der Waals surface area contributed by atoms with Gasteiger partial charge in [-0.2, -0.15) is 5.10 Å². The highest BCUT2D eigenvalue weighted by Crippen LogP contribution is 2.29. The molecule has 0 spiro atoms. The maximum Gasteiger partial charge on any atom is 0.342 e. The first kappa shape index (κ1) is 17.6. The second kappa shape index (κ2) is 7.77. The van der Waals surface area contributed by atoms with Crippen LogP contribution in [0.2, 0.25) is 0 Å². The van der Waals surface area contributed by atoms with Gasteiger partial charge < -0.3 is 4.74 Å². The summed E-state index contributed by atoms with van der Waals surface area (Å²) in [6.45, 7) is 1.61. The van der Waals surface area contributed by atoms with Crippen LogP contribution in [0.3, 0.4) is 0 Å². The lowest BCUT2D eigenvalue weighted by atomic mass is 9.94. The van der Waals surface area contributed by atoms with Crippen LogP contribution in [0, 0.1) is 0 Å². The molecule has 2 aromatic heterocycles. The Morgan fingerprint density at radius 3 is 2.72 bits per heavy atom. The van der Waals surface area contributed by atoms with Gasteiger partial charge in [0.25, 0.3) is 5.91 Å². The van der Waals surface area contributed by atoms with Crippen LogP contribution in [0.1, 0.15) is 49.4 Å². The first-order valence-electron chi connectivity index (χ1n) is 8.48. The third kappa shape index (κ3) is 4.07. The molecule has 1 unspecified atom stereocenters. The predicted octanol–water partition coefficient (Wildman–Crippen LogP) is 2.79. The third-order valence-corrected chi connectivity index (χ3v) is 5.15. The average Bonchev–Trinajstić information content (AvgIpc) is 3.28. The van der Waals surface area contributed by atoms with E-state index in [0.29, 0.717) is 10.7 Å². The van der Waals surface area contributed by atoms with Crippen molar-refractivity contribution in [2.45, 2.75) is 51.2 Å². The molecule has 0 N–H and O–H groups in total. The topological polar surface area (TPSA) is 77.3 Å². The Kier molecular flexibility index (Phi) is 5.47. The number of nitrogens with zero attached hydrogens (tertiary/aromatic N) is 4. The predicted molar refractivity (Wildman–Crippen MR) is 94.6 cm³/mol. The minimum absolute atomic E-state index is 0.118. The Morgan fingerprint density at radius 2 is 2.12 bits per heavy atom. The molecule has 8 heteroatoms. The zero-order valence-electron chi connectivity index (χ0n) is 14.4. The van der Waals surface area contributed by atoms with Gasteiger partial charge in [0.2, 0.25) is 0 Å². The number of hydrogen-bond donors (Lipinski definition) is 0. The number of ether oxygens (including phenoxy) is 1. The van der Waals surface area contributed by atoms with Crippen molar-refractivity contribution in [1.82, 2.24) is 14.8 Å². The molecule has 1 aliphatic rings. The van der Waals surface area contributed by atoms with E-state index in [1.165, 1.54) is 28.6 Å². The minimum Gasteiger partial charge on any atom is -0.449 e. The molecule has 0 aliphatic heterocycles. The summed E-state index contributed by atoms with van der Waals surface area (Å²) in [5.41, 5.74) is 0.334. The smallest absolute Gasteiger partial charge is 0.342 e. The van der Waals surface area contributed by atoms with Crippen LogP contribution in [0.4, 0.5) is 5.13 Å². The molecule has 2 heterocycles. The SMILES string of the molecule is CC(OC(=O)c1cnn(C)c1)C(=O)N(c1nccs1)C1CCCCC1. The Balaban J connectivity index is 1.73. The van der Waals surface area contributed by atoms with E-state index in [-0.39, 0.29) is 11.9 Å². The highest BCUT2D eigenvalue weighted by molar-refractivity contribution is 7.13.